The lowest BCUT2D eigenvalue weighted by Crippen LogP contribution is -2.35. The molecule has 0 amide bonds. The van der Waals surface area contributed by atoms with Gasteiger partial charge < -0.3 is 39.3 Å². The van der Waals surface area contributed by atoms with Crippen LogP contribution >= 0.6 is 68.8 Å². The van der Waals surface area contributed by atoms with Crippen LogP contribution in [0.15, 0.2) is 117 Å². The summed E-state index contributed by atoms with van der Waals surface area (Å²) in [6.07, 6.45) is 10.3. The maximum Gasteiger partial charge on any atom is 0.345 e. The Bertz CT molecular complexity index is 3160. The van der Waals surface area contributed by atoms with Crippen LogP contribution in [0, 0.1) is 0 Å². The molecule has 0 atom stereocenters. The quantitative estimate of drug-likeness (QED) is 0.100. The summed E-state index contributed by atoms with van der Waals surface area (Å²) in [4.78, 5) is 50.6. The molecule has 9 aromatic rings. The molecular formula is C52H48Cl3N7O7S3. The molecule has 2 aliphatic heterocycles. The molecule has 1 saturated carbocycles. The Hall–Kier alpha value is -5.63. The number of aromatic nitrogens is 3. The third kappa shape index (κ3) is 11.9. The maximum absolute atomic E-state index is 12.3. The van der Waals surface area contributed by atoms with Gasteiger partial charge in [-0.05, 0) is 88.0 Å². The van der Waals surface area contributed by atoms with E-state index >= 15 is 0 Å². The molecule has 8 heterocycles. The first-order valence-electron chi connectivity index (χ1n) is 23.7. The topological polar surface area (TPSA) is 187 Å². The van der Waals surface area contributed by atoms with E-state index in [1.165, 1.54) is 66.1 Å². The third-order valence-electron chi connectivity index (χ3n) is 12.6. The van der Waals surface area contributed by atoms with E-state index in [0.29, 0.717) is 83.7 Å². The normalized spacial score (nSPS) is 15.7. The third-order valence-corrected chi connectivity index (χ3v) is 15.8. The van der Waals surface area contributed by atoms with Crippen molar-refractivity contribution in [3.8, 4) is 33.8 Å². The van der Waals surface area contributed by atoms with Crippen molar-refractivity contribution in [1.29, 1.82) is 0 Å². The van der Waals surface area contributed by atoms with Gasteiger partial charge in [0.1, 0.15) is 0 Å². The molecule has 20 heteroatoms. The minimum absolute atomic E-state index is 0.365. The first-order valence-corrected chi connectivity index (χ1v) is 27.5. The summed E-state index contributed by atoms with van der Waals surface area (Å²) in [7, 11) is 0. The number of rotatable bonds is 9. The number of benzene rings is 3. The van der Waals surface area contributed by atoms with E-state index in [4.69, 9.17) is 52.8 Å². The highest BCUT2D eigenvalue weighted by Gasteiger charge is 2.20. The molecule has 0 unspecified atom stereocenters. The van der Waals surface area contributed by atoms with Crippen molar-refractivity contribution in [2.45, 2.75) is 75.9 Å². The van der Waals surface area contributed by atoms with Gasteiger partial charge in [-0.2, -0.15) is 0 Å². The maximum atomic E-state index is 12.3. The number of para-hydroxylation sites is 3. The molecule has 372 valence electrons. The molecule has 3 aliphatic rings. The number of piperidine rings is 1. The average molecular weight is 1090 g/mol. The van der Waals surface area contributed by atoms with Crippen molar-refractivity contribution < 1.29 is 18.0 Å². The molecule has 3 fully saturated rings. The van der Waals surface area contributed by atoms with Crippen LogP contribution in [0.5, 0.6) is 0 Å². The highest BCUT2D eigenvalue weighted by atomic mass is 35.5. The zero-order chi connectivity index (χ0) is 49.6. The summed E-state index contributed by atoms with van der Waals surface area (Å²) in [5.74, 6) is 0. The molecular weight excluding hydrogens is 1040 g/mol. The van der Waals surface area contributed by atoms with Crippen LogP contribution in [0.1, 0.15) is 57.8 Å². The molecule has 4 N–H and O–H groups in total. The van der Waals surface area contributed by atoms with Crippen LogP contribution in [0.3, 0.4) is 0 Å². The van der Waals surface area contributed by atoms with E-state index in [1.807, 2.05) is 52.5 Å². The summed E-state index contributed by atoms with van der Waals surface area (Å²) in [5.41, 5.74) is 3.24. The standard InChI is InChI=1S/C18H17ClN2O2S.C17H16ClN3O2S.C17H15ClN2O3S/c19-14-8-4-5-11-9-13(17(22)23-16(11)14)15-10-24-18(21-15)20-12-6-2-1-3-7-12;18-13-3-1-2-10-8-12(16(22)23-15(10)13)14-9-24-17(21-14)20-11-4-6-19-7-5-11;18-13-3-1-2-10-8-12(16(21)23-15(10)13)14-9-24-17(20-14)19-11-4-6-22-7-5-11/h4-5,8-10,12H,1-3,6-7H2,(H,20,21);1-3,8-9,11,19H,4-7H2,(H,20,21);1-3,8-9,11H,4-7H2,(H,19,20). The van der Waals surface area contributed by atoms with Gasteiger partial charge in [-0.15, -0.1) is 34.0 Å². The first-order chi connectivity index (χ1) is 35.1. The number of halogens is 3. The van der Waals surface area contributed by atoms with Crippen LogP contribution in [0.25, 0.3) is 66.7 Å². The number of hydrogen-bond acceptors (Lipinski definition) is 17. The fourth-order valence-corrected chi connectivity index (χ4v) is 11.9. The van der Waals surface area contributed by atoms with E-state index in [-0.39, 0.29) is 0 Å². The highest BCUT2D eigenvalue weighted by molar-refractivity contribution is 7.14. The minimum Gasteiger partial charge on any atom is -0.421 e. The van der Waals surface area contributed by atoms with Gasteiger partial charge in [0.2, 0.25) is 0 Å². The molecule has 0 radical (unpaired) electrons. The summed E-state index contributed by atoms with van der Waals surface area (Å²) in [6, 6.07) is 22.9. The van der Waals surface area contributed by atoms with E-state index in [2.05, 4.69) is 36.2 Å². The Balaban J connectivity index is 0.000000124. The molecule has 72 heavy (non-hydrogen) atoms. The number of thiazole rings is 3. The lowest BCUT2D eigenvalue weighted by molar-refractivity contribution is 0.0904. The Morgan fingerprint density at radius 2 is 0.847 bits per heavy atom. The Morgan fingerprint density at radius 1 is 0.486 bits per heavy atom. The number of fused-ring (bicyclic) bond motifs is 3. The van der Waals surface area contributed by atoms with Crippen molar-refractivity contribution in [1.82, 2.24) is 20.3 Å². The number of anilines is 3. The average Bonchev–Trinajstić information content (AvgIpc) is 4.18. The number of hydrogen-bond donors (Lipinski definition) is 4. The summed E-state index contributed by atoms with van der Waals surface area (Å²) in [5, 5.41) is 25.5. The van der Waals surface area contributed by atoms with Crippen molar-refractivity contribution in [2.75, 3.05) is 42.3 Å². The fraction of sp³-hybridized carbons (Fsp3) is 0.308. The van der Waals surface area contributed by atoms with Gasteiger partial charge in [0, 0.05) is 63.6 Å². The largest absolute Gasteiger partial charge is 0.421 e. The molecule has 1 aliphatic carbocycles. The van der Waals surface area contributed by atoms with Gasteiger partial charge in [-0.25, -0.2) is 29.3 Å². The number of ether oxygens (including phenoxy) is 1. The smallest absolute Gasteiger partial charge is 0.345 e. The van der Waals surface area contributed by atoms with Crippen LogP contribution in [0.2, 0.25) is 15.1 Å². The van der Waals surface area contributed by atoms with E-state index in [0.717, 1.165) is 83.5 Å². The zero-order valence-corrected chi connectivity index (χ0v) is 43.4. The monoisotopic (exact) mass is 1080 g/mol. The number of nitrogens with one attached hydrogen (secondary N) is 4. The van der Waals surface area contributed by atoms with Crippen LogP contribution in [0.4, 0.5) is 15.4 Å². The van der Waals surface area contributed by atoms with Crippen molar-refractivity contribution in [3.63, 3.8) is 0 Å². The lowest BCUT2D eigenvalue weighted by Gasteiger charge is -2.23. The molecule has 6 aromatic heterocycles. The second kappa shape index (κ2) is 23.1. The molecule has 0 bridgehead atoms. The highest BCUT2D eigenvalue weighted by Crippen LogP contribution is 2.33. The Labute approximate surface area is 439 Å². The van der Waals surface area contributed by atoms with Crippen molar-refractivity contribution in [3.05, 3.63) is 135 Å². The van der Waals surface area contributed by atoms with E-state index < -0.39 is 16.9 Å². The first kappa shape index (κ1) is 49.9. The van der Waals surface area contributed by atoms with Gasteiger partial charge >= 0.3 is 16.9 Å². The summed E-state index contributed by atoms with van der Waals surface area (Å²) in [6.45, 7) is 3.58. The Morgan fingerprint density at radius 3 is 1.24 bits per heavy atom. The van der Waals surface area contributed by atoms with Crippen LogP contribution in [-0.4, -0.2) is 59.4 Å². The van der Waals surface area contributed by atoms with E-state index in [1.54, 1.807) is 36.4 Å². The molecule has 0 spiro atoms. The predicted molar refractivity (Wildman–Crippen MR) is 293 cm³/mol. The van der Waals surface area contributed by atoms with Crippen molar-refractivity contribution >= 4 is 117 Å². The molecule has 14 nitrogen and oxygen atoms in total. The SMILES string of the molecule is O=c1oc2c(Cl)cccc2cc1-c1csc(NC2CCCCC2)n1.O=c1oc2c(Cl)cccc2cc1-c1csc(NC2CCNCC2)n1.O=c1oc2c(Cl)cccc2cc1-c1csc(NC2CCOCC2)n1. The molecule has 3 aromatic carbocycles. The predicted octanol–water partition coefficient (Wildman–Crippen LogP) is 13.2. The summed E-state index contributed by atoms with van der Waals surface area (Å²) >= 11 is 22.8. The van der Waals surface area contributed by atoms with Gasteiger partial charge in [-0.1, -0.05) is 90.5 Å². The van der Waals surface area contributed by atoms with Crippen LogP contribution in [-0.2, 0) is 4.74 Å². The van der Waals surface area contributed by atoms with Gasteiger partial charge in [0.05, 0.1) is 48.8 Å². The fourth-order valence-electron chi connectivity index (χ4n) is 8.83. The molecule has 2 saturated heterocycles. The summed E-state index contributed by atoms with van der Waals surface area (Å²) < 4.78 is 21.5. The van der Waals surface area contributed by atoms with Crippen molar-refractivity contribution in [2.24, 2.45) is 0 Å². The van der Waals surface area contributed by atoms with Crippen LogP contribution < -0.4 is 38.1 Å². The second-order valence-corrected chi connectivity index (χ2v) is 21.4. The van der Waals surface area contributed by atoms with Gasteiger partial charge in [0.15, 0.2) is 32.1 Å². The van der Waals surface area contributed by atoms with E-state index in [9.17, 15) is 14.4 Å². The number of nitrogens with zero attached hydrogens (tertiary/aromatic N) is 3. The second-order valence-electron chi connectivity index (χ2n) is 17.6. The Kier molecular flexibility index (Phi) is 16.0. The molecule has 12 rings (SSSR count). The van der Waals surface area contributed by atoms with Gasteiger partial charge in [0.25, 0.3) is 0 Å². The minimum atomic E-state index is -0.432. The van der Waals surface area contributed by atoms with Gasteiger partial charge in [-0.3, -0.25) is 0 Å². The zero-order valence-electron chi connectivity index (χ0n) is 38.6. The lowest BCUT2D eigenvalue weighted by atomic mass is 9.96.